The molecular weight excluding hydrogens is 897 g/mol. The first-order chi connectivity index (χ1) is 35.2. The normalized spacial score (nSPS) is 20.5. The van der Waals surface area contributed by atoms with E-state index in [-0.39, 0.29) is 0 Å². The second-order valence-corrected chi connectivity index (χ2v) is 26.4. The predicted octanol–water partition coefficient (Wildman–Crippen LogP) is 17.9. The molecule has 0 aromatic heterocycles. The summed E-state index contributed by atoms with van der Waals surface area (Å²) in [6.45, 7) is 51.7. The van der Waals surface area contributed by atoms with Crippen LogP contribution in [0.4, 0.5) is 0 Å². The summed E-state index contributed by atoms with van der Waals surface area (Å²) in [5.41, 5.74) is 11.7. The summed E-state index contributed by atoms with van der Waals surface area (Å²) in [7, 11) is 0. The molecule has 0 spiro atoms. The molecule has 0 amide bonds. The molecule has 0 aliphatic carbocycles. The van der Waals surface area contributed by atoms with Gasteiger partial charge < -0.3 is 0 Å². The highest BCUT2D eigenvalue weighted by atomic mass is 15.2. The van der Waals surface area contributed by atoms with Gasteiger partial charge in [-0.1, -0.05) is 208 Å². The van der Waals surface area contributed by atoms with Crippen LogP contribution in [0, 0.1) is 47.3 Å². The minimum Gasteiger partial charge on any atom is -0.299 e. The van der Waals surface area contributed by atoms with Gasteiger partial charge in [0.15, 0.2) is 0 Å². The zero-order chi connectivity index (χ0) is 53.9. The molecule has 4 nitrogen and oxygen atoms in total. The maximum Gasteiger partial charge on any atom is 0.0233 e. The highest BCUT2D eigenvalue weighted by Gasteiger charge is 2.27. The van der Waals surface area contributed by atoms with Crippen molar-refractivity contribution in [2.75, 3.05) is 52.4 Å². The van der Waals surface area contributed by atoms with Crippen LogP contribution in [0.15, 0.2) is 97.1 Å². The second-order valence-electron chi connectivity index (χ2n) is 26.4. The Morgan fingerprint density at radius 1 is 0.311 bits per heavy atom. The average Bonchev–Trinajstić information content (AvgIpc) is 4.06. The third-order valence-corrected chi connectivity index (χ3v) is 17.7. The molecule has 3 unspecified atom stereocenters. The van der Waals surface area contributed by atoms with E-state index in [1.807, 2.05) is 0 Å². The van der Waals surface area contributed by atoms with Crippen LogP contribution >= 0.6 is 0 Å². The minimum absolute atomic E-state index is 0.629. The highest BCUT2D eigenvalue weighted by molar-refractivity contribution is 5.28. The first-order valence-electron chi connectivity index (χ1n) is 30.5. The summed E-state index contributed by atoms with van der Waals surface area (Å²) in [4.78, 5) is 10.5. The van der Waals surface area contributed by atoms with Gasteiger partial charge in [0, 0.05) is 45.8 Å². The van der Waals surface area contributed by atoms with E-state index < -0.39 is 0 Å². The lowest BCUT2D eigenvalue weighted by molar-refractivity contribution is 0.139. The van der Waals surface area contributed by atoms with Gasteiger partial charge in [0.05, 0.1) is 0 Å². The van der Waals surface area contributed by atoms with Crippen molar-refractivity contribution in [3.05, 3.63) is 142 Å². The number of nitrogens with zero attached hydrogens (tertiary/aromatic N) is 4. The van der Waals surface area contributed by atoms with Crippen LogP contribution in [0.3, 0.4) is 0 Å². The van der Waals surface area contributed by atoms with E-state index in [0.29, 0.717) is 23.7 Å². The zero-order valence-corrected chi connectivity index (χ0v) is 50.7. The molecule has 3 atom stereocenters. The number of likely N-dealkylation sites (tertiary alicyclic amines) is 4. The Labute approximate surface area is 457 Å². The van der Waals surface area contributed by atoms with E-state index in [9.17, 15) is 0 Å². The van der Waals surface area contributed by atoms with Gasteiger partial charge in [-0.15, -0.1) is 0 Å². The van der Waals surface area contributed by atoms with Gasteiger partial charge in [-0.05, 0) is 187 Å². The maximum absolute atomic E-state index is 2.65. The standard InChI is InChI=1S/2C18H29N.2C17H27N/c1-14(2)17-8-5-7-16(11-17)12-19-10-6-9-18(13-19)15(3)4;1-14(2)17-8-10-19(11-9-17)13-16-6-5-7-18(12-16)15(3)4;1-13(2)16-7-5-15(6-8-16)11-18-10-9-17(12-18)14(3)4;1-13(2)16-7-5-6-15(10-16)11-18-9-8-17(12-18)14(3)4/h5,7-8,11,14-15,18H,6,9-10,12-13H2,1-4H3;5-7,12,14-15,17H,8-11,13H2,1-4H3;5-8,13-14,17H,9-12H2,1-4H3;5-7,10,13-14,17H,8-9,11-12H2,1-4H3. The molecule has 412 valence electrons. The number of rotatable bonds is 16. The smallest absolute Gasteiger partial charge is 0.0233 e. The number of benzene rings is 4. The summed E-state index contributed by atoms with van der Waals surface area (Å²) in [5.74, 6) is 9.50. The summed E-state index contributed by atoms with van der Waals surface area (Å²) in [6.07, 6.45) is 8.29. The molecule has 8 rings (SSSR count). The van der Waals surface area contributed by atoms with E-state index in [4.69, 9.17) is 0 Å². The monoisotopic (exact) mass is 1010 g/mol. The van der Waals surface area contributed by atoms with E-state index in [2.05, 4.69) is 227 Å². The maximum atomic E-state index is 2.65. The van der Waals surface area contributed by atoms with Crippen molar-refractivity contribution in [2.45, 2.75) is 199 Å². The molecular formula is C70H112N4. The third-order valence-electron chi connectivity index (χ3n) is 17.7. The Hall–Kier alpha value is -3.28. The van der Waals surface area contributed by atoms with Crippen molar-refractivity contribution in [2.24, 2.45) is 47.3 Å². The summed E-state index contributed by atoms with van der Waals surface area (Å²) >= 11 is 0. The van der Waals surface area contributed by atoms with Gasteiger partial charge >= 0.3 is 0 Å². The lowest BCUT2D eigenvalue weighted by Crippen LogP contribution is -2.36. The molecule has 4 heteroatoms. The molecule has 4 heterocycles. The van der Waals surface area contributed by atoms with Gasteiger partial charge in [0.1, 0.15) is 0 Å². The van der Waals surface area contributed by atoms with Crippen LogP contribution in [0.25, 0.3) is 0 Å². The first-order valence-corrected chi connectivity index (χ1v) is 30.5. The van der Waals surface area contributed by atoms with E-state index >= 15 is 0 Å². The van der Waals surface area contributed by atoms with Crippen LogP contribution in [-0.2, 0) is 26.2 Å². The lowest BCUT2D eigenvalue weighted by atomic mass is 9.86. The van der Waals surface area contributed by atoms with Crippen LogP contribution < -0.4 is 0 Å². The molecule has 4 saturated heterocycles. The summed E-state index contributed by atoms with van der Waals surface area (Å²) in [6, 6.07) is 36.6. The first kappa shape index (κ1) is 61.6. The molecule has 74 heavy (non-hydrogen) atoms. The summed E-state index contributed by atoms with van der Waals surface area (Å²) < 4.78 is 0. The van der Waals surface area contributed by atoms with E-state index in [1.165, 1.54) is 135 Å². The minimum atomic E-state index is 0.629. The Bertz CT molecular complexity index is 2140. The average molecular weight is 1010 g/mol. The fraction of sp³-hybridized carbons (Fsp3) is 0.657. The van der Waals surface area contributed by atoms with Crippen LogP contribution in [0.5, 0.6) is 0 Å². The van der Waals surface area contributed by atoms with Gasteiger partial charge in [-0.25, -0.2) is 0 Å². The Balaban J connectivity index is 0.000000183. The van der Waals surface area contributed by atoms with Gasteiger partial charge in [-0.2, -0.15) is 0 Å². The van der Waals surface area contributed by atoms with Gasteiger partial charge in [-0.3, -0.25) is 19.6 Å². The molecule has 0 N–H and O–H groups in total. The van der Waals surface area contributed by atoms with Gasteiger partial charge in [0.2, 0.25) is 0 Å². The predicted molar refractivity (Wildman–Crippen MR) is 324 cm³/mol. The molecule has 4 aromatic carbocycles. The largest absolute Gasteiger partial charge is 0.299 e. The fourth-order valence-electron chi connectivity index (χ4n) is 11.9. The zero-order valence-electron chi connectivity index (χ0n) is 50.7. The van der Waals surface area contributed by atoms with E-state index in [1.54, 1.807) is 0 Å². The summed E-state index contributed by atoms with van der Waals surface area (Å²) in [5, 5.41) is 0. The van der Waals surface area contributed by atoms with Gasteiger partial charge in [0.25, 0.3) is 0 Å². The Morgan fingerprint density at radius 2 is 0.622 bits per heavy atom. The van der Waals surface area contributed by atoms with Crippen molar-refractivity contribution < 1.29 is 0 Å². The topological polar surface area (TPSA) is 13.0 Å². The molecule has 4 fully saturated rings. The number of hydrogen-bond donors (Lipinski definition) is 0. The number of piperidine rings is 2. The Morgan fingerprint density at radius 3 is 0.973 bits per heavy atom. The molecule has 4 aromatic rings. The molecule has 4 aliphatic heterocycles. The van der Waals surface area contributed by atoms with E-state index in [0.717, 1.165) is 73.5 Å². The van der Waals surface area contributed by atoms with Crippen LogP contribution in [0.1, 0.15) is 217 Å². The quantitative estimate of drug-likeness (QED) is 0.111. The van der Waals surface area contributed by atoms with Crippen molar-refractivity contribution in [1.82, 2.24) is 19.6 Å². The lowest BCUT2D eigenvalue weighted by Gasteiger charge is -2.34. The van der Waals surface area contributed by atoms with Crippen molar-refractivity contribution in [3.8, 4) is 0 Å². The van der Waals surface area contributed by atoms with Crippen LogP contribution in [0.2, 0.25) is 0 Å². The second kappa shape index (κ2) is 31.2. The third kappa shape index (κ3) is 20.9. The van der Waals surface area contributed by atoms with Crippen molar-refractivity contribution in [1.29, 1.82) is 0 Å². The molecule has 4 aliphatic rings. The number of hydrogen-bond acceptors (Lipinski definition) is 4. The SMILES string of the molecule is CC(C)c1ccc(CN2CCC(C(C)C)C2)cc1.CC(C)c1cccc(CN2CCC(C(C)C)C2)c1.CC(C)c1cccc(CN2CCC(C(C)C)CC2)c1.CC(C)c1cccc(CN2CCCC(C(C)C)C2)c1. The van der Waals surface area contributed by atoms with Crippen molar-refractivity contribution in [3.63, 3.8) is 0 Å². The van der Waals surface area contributed by atoms with Crippen LogP contribution in [-0.4, -0.2) is 72.0 Å². The molecule has 0 saturated carbocycles. The fourth-order valence-corrected chi connectivity index (χ4v) is 11.9. The molecule has 0 radical (unpaired) electrons. The highest BCUT2D eigenvalue weighted by Crippen LogP contribution is 2.30. The van der Waals surface area contributed by atoms with Crippen molar-refractivity contribution >= 4 is 0 Å². The Kier molecular flexibility index (Phi) is 26.0. The molecule has 0 bridgehead atoms.